The van der Waals surface area contributed by atoms with Gasteiger partial charge in [0, 0.05) is 11.2 Å². The summed E-state index contributed by atoms with van der Waals surface area (Å²) >= 11 is -1.60. The number of alkyl halides is 3. The minimum Gasteiger partial charge on any atom is -0.609 e. The second kappa shape index (κ2) is 5.77. The van der Waals surface area contributed by atoms with Crippen LogP contribution in [0.2, 0.25) is 0 Å². The quantitative estimate of drug-likeness (QED) is 0.639. The van der Waals surface area contributed by atoms with Gasteiger partial charge in [-0.15, -0.1) is 0 Å². The zero-order chi connectivity index (χ0) is 16.7. The van der Waals surface area contributed by atoms with Gasteiger partial charge in [-0.25, -0.2) is 0 Å². The van der Waals surface area contributed by atoms with Crippen LogP contribution in [0.5, 0.6) is 0 Å². The van der Waals surface area contributed by atoms with Crippen molar-refractivity contribution in [2.24, 2.45) is 0 Å². The number of Topliss-reactive ketones (excluding diaryl/α,β-unsaturated/α-hetero) is 1. The first-order valence-corrected chi connectivity index (χ1v) is 7.55. The number of hydrogen-bond acceptors (Lipinski definition) is 4. The summed E-state index contributed by atoms with van der Waals surface area (Å²) in [6.07, 6.45) is -4.70. The van der Waals surface area contributed by atoms with E-state index in [0.717, 1.165) is 13.0 Å². The molecular formula is C14H11F3O4S. The predicted molar refractivity (Wildman–Crippen MR) is 74.4 cm³/mol. The van der Waals surface area contributed by atoms with E-state index in [0.29, 0.717) is 12.1 Å². The van der Waals surface area contributed by atoms with Crippen molar-refractivity contribution in [1.29, 1.82) is 0 Å². The van der Waals surface area contributed by atoms with Gasteiger partial charge in [0.05, 0.1) is 22.6 Å². The minimum atomic E-state index is -4.70. The summed E-state index contributed by atoms with van der Waals surface area (Å²) in [6, 6.07) is 2.16. The molecule has 0 fully saturated rings. The molecule has 0 saturated heterocycles. The first-order valence-electron chi connectivity index (χ1n) is 6.23. The number of fused-ring (bicyclic) bond motifs is 1. The SMILES string of the molecule is CC[S+]([O-])c1cc(=O)c2cc(C(F)(F)F)cc(C(C)=O)c2o1. The van der Waals surface area contributed by atoms with Crippen LogP contribution in [0.3, 0.4) is 0 Å². The summed E-state index contributed by atoms with van der Waals surface area (Å²) in [5.41, 5.74) is -2.52. The first-order chi connectivity index (χ1) is 10.1. The third-order valence-electron chi connectivity index (χ3n) is 3.00. The molecule has 1 unspecified atom stereocenters. The number of halogens is 3. The topological polar surface area (TPSA) is 70.3 Å². The molecular weight excluding hydrogens is 321 g/mol. The van der Waals surface area contributed by atoms with Gasteiger partial charge in [-0.2, -0.15) is 13.2 Å². The van der Waals surface area contributed by atoms with E-state index in [2.05, 4.69) is 0 Å². The highest BCUT2D eigenvalue weighted by molar-refractivity contribution is 7.91. The highest BCUT2D eigenvalue weighted by Gasteiger charge is 2.33. The molecule has 4 nitrogen and oxygen atoms in total. The molecule has 0 amide bonds. The largest absolute Gasteiger partial charge is 0.609 e. The van der Waals surface area contributed by atoms with E-state index in [1.165, 1.54) is 0 Å². The maximum Gasteiger partial charge on any atom is 0.416 e. The number of rotatable bonds is 3. The molecule has 8 heteroatoms. The number of hydrogen-bond donors (Lipinski definition) is 0. The van der Waals surface area contributed by atoms with Gasteiger partial charge in [0.15, 0.2) is 16.8 Å². The van der Waals surface area contributed by atoms with E-state index < -0.39 is 34.1 Å². The van der Waals surface area contributed by atoms with Crippen molar-refractivity contribution in [3.05, 3.63) is 39.5 Å². The van der Waals surface area contributed by atoms with Crippen LogP contribution in [0.1, 0.15) is 29.8 Å². The number of carbonyl (C=O) groups is 1. The van der Waals surface area contributed by atoms with Crippen LogP contribution in [-0.2, 0) is 17.4 Å². The van der Waals surface area contributed by atoms with Crippen molar-refractivity contribution in [3.8, 4) is 0 Å². The fourth-order valence-corrected chi connectivity index (χ4v) is 2.62. The highest BCUT2D eigenvalue weighted by atomic mass is 32.2. The average Bonchev–Trinajstić information content (AvgIpc) is 2.44. The van der Waals surface area contributed by atoms with Crippen LogP contribution in [-0.4, -0.2) is 16.1 Å². The van der Waals surface area contributed by atoms with Crippen molar-refractivity contribution in [2.45, 2.75) is 25.1 Å². The van der Waals surface area contributed by atoms with Crippen LogP contribution in [0.4, 0.5) is 13.2 Å². The van der Waals surface area contributed by atoms with Crippen molar-refractivity contribution >= 4 is 27.9 Å². The molecule has 2 aromatic rings. The van der Waals surface area contributed by atoms with Gasteiger partial charge in [-0.05, 0) is 26.0 Å². The summed E-state index contributed by atoms with van der Waals surface area (Å²) in [4.78, 5) is 23.6. The van der Waals surface area contributed by atoms with Gasteiger partial charge >= 0.3 is 11.3 Å². The highest BCUT2D eigenvalue weighted by Crippen LogP contribution is 2.33. The van der Waals surface area contributed by atoms with Crippen LogP contribution < -0.4 is 5.43 Å². The zero-order valence-corrected chi connectivity index (χ0v) is 12.4. The Bertz CT molecular complexity index is 795. The smallest absolute Gasteiger partial charge is 0.416 e. The fourth-order valence-electron chi connectivity index (χ4n) is 1.92. The molecule has 1 aromatic heterocycles. The molecule has 0 bridgehead atoms. The molecule has 0 spiro atoms. The molecule has 2 rings (SSSR count). The second-order valence-electron chi connectivity index (χ2n) is 4.52. The Morgan fingerprint density at radius 3 is 2.45 bits per heavy atom. The lowest BCUT2D eigenvalue weighted by molar-refractivity contribution is -0.137. The van der Waals surface area contributed by atoms with Crippen LogP contribution in [0, 0.1) is 0 Å². The third kappa shape index (κ3) is 3.02. The lowest BCUT2D eigenvalue weighted by Crippen LogP contribution is -2.13. The molecule has 22 heavy (non-hydrogen) atoms. The van der Waals surface area contributed by atoms with E-state index in [9.17, 15) is 27.3 Å². The number of benzene rings is 1. The molecule has 0 saturated carbocycles. The van der Waals surface area contributed by atoms with Crippen molar-refractivity contribution in [1.82, 2.24) is 0 Å². The Hall–Kier alpha value is -1.80. The van der Waals surface area contributed by atoms with Crippen LogP contribution in [0.15, 0.2) is 32.5 Å². The van der Waals surface area contributed by atoms with Gasteiger partial charge < -0.3 is 8.97 Å². The molecule has 1 heterocycles. The second-order valence-corrected chi connectivity index (χ2v) is 6.19. The Morgan fingerprint density at radius 1 is 1.32 bits per heavy atom. The lowest BCUT2D eigenvalue weighted by atomic mass is 10.0. The summed E-state index contributed by atoms with van der Waals surface area (Å²) < 4.78 is 55.6. The van der Waals surface area contributed by atoms with Crippen LogP contribution >= 0.6 is 0 Å². The zero-order valence-electron chi connectivity index (χ0n) is 11.6. The number of carbonyl (C=O) groups excluding carboxylic acids is 1. The third-order valence-corrected chi connectivity index (χ3v) is 4.17. The van der Waals surface area contributed by atoms with Gasteiger partial charge in [0.1, 0.15) is 5.75 Å². The van der Waals surface area contributed by atoms with Gasteiger partial charge in [0.2, 0.25) is 0 Å². The molecule has 0 aliphatic rings. The van der Waals surface area contributed by atoms with E-state index in [-0.39, 0.29) is 27.4 Å². The lowest BCUT2D eigenvalue weighted by Gasteiger charge is -2.11. The van der Waals surface area contributed by atoms with Gasteiger partial charge in [-0.3, -0.25) is 9.59 Å². The standard InChI is InChI=1S/C14H11F3O4S/c1-3-22(20)12-6-11(19)10-5-8(14(15,16)17)4-9(7(2)18)13(10)21-12/h4-6H,3H2,1-2H3. The Labute approximate surface area is 126 Å². The molecule has 0 N–H and O–H groups in total. The van der Waals surface area contributed by atoms with Gasteiger partial charge in [0.25, 0.3) is 0 Å². The Morgan fingerprint density at radius 2 is 1.95 bits per heavy atom. The molecule has 1 atom stereocenters. The number of ketones is 1. The normalized spacial score (nSPS) is 13.4. The van der Waals surface area contributed by atoms with Crippen LogP contribution in [0.25, 0.3) is 11.0 Å². The monoisotopic (exact) mass is 332 g/mol. The molecule has 0 aliphatic carbocycles. The van der Waals surface area contributed by atoms with Crippen molar-refractivity contribution in [2.75, 3.05) is 5.75 Å². The summed E-state index contributed by atoms with van der Waals surface area (Å²) in [5.74, 6) is -0.511. The summed E-state index contributed by atoms with van der Waals surface area (Å²) in [5, 5.41) is -0.529. The van der Waals surface area contributed by atoms with E-state index in [4.69, 9.17) is 4.42 Å². The van der Waals surface area contributed by atoms with E-state index in [1.54, 1.807) is 6.92 Å². The summed E-state index contributed by atoms with van der Waals surface area (Å²) in [6.45, 7) is 2.66. The summed E-state index contributed by atoms with van der Waals surface area (Å²) in [7, 11) is 0. The minimum absolute atomic E-state index is 0.165. The molecule has 118 valence electrons. The maximum atomic E-state index is 12.9. The maximum absolute atomic E-state index is 12.9. The van der Waals surface area contributed by atoms with Crippen molar-refractivity contribution < 1.29 is 26.9 Å². The molecule has 1 aromatic carbocycles. The van der Waals surface area contributed by atoms with Gasteiger partial charge in [-0.1, -0.05) is 0 Å². The van der Waals surface area contributed by atoms with Crippen molar-refractivity contribution in [3.63, 3.8) is 0 Å². The first kappa shape index (κ1) is 16.6. The molecule has 0 radical (unpaired) electrons. The average molecular weight is 332 g/mol. The Kier molecular flexibility index (Phi) is 4.35. The van der Waals surface area contributed by atoms with E-state index in [1.807, 2.05) is 0 Å². The predicted octanol–water partition coefficient (Wildman–Crippen LogP) is 3.14. The van der Waals surface area contributed by atoms with E-state index >= 15 is 0 Å². The fraction of sp³-hybridized carbons (Fsp3) is 0.286. The Balaban J connectivity index is 2.88. The molecule has 0 aliphatic heterocycles.